The van der Waals surface area contributed by atoms with Crippen molar-refractivity contribution in [1.29, 1.82) is 0 Å². The molecule has 1 amide bonds. The van der Waals surface area contributed by atoms with Crippen LogP contribution in [-0.2, 0) is 4.79 Å². The Balaban J connectivity index is 2.03. The van der Waals surface area contributed by atoms with Crippen LogP contribution < -0.4 is 4.90 Å². The van der Waals surface area contributed by atoms with E-state index in [4.69, 9.17) is 23.2 Å². The van der Waals surface area contributed by atoms with E-state index in [0.717, 1.165) is 12.8 Å². The van der Waals surface area contributed by atoms with Gasteiger partial charge in [-0.25, -0.2) is 0 Å². The van der Waals surface area contributed by atoms with Crippen LogP contribution in [0.1, 0.15) is 19.8 Å². The standard InChI is InChI=1S/C15H14Cl2N2O/c1-9-18-13-5-3-2-4-11(13)15(20)19(9)14-7-6-10(16)8-12(14)17/h2-3,6-8,11,13H,4-5H2,1H3/t11-,13+/m0/s1. The lowest BCUT2D eigenvalue weighted by atomic mass is 9.86. The third-order valence-corrected chi connectivity index (χ3v) is 4.30. The highest BCUT2D eigenvalue weighted by atomic mass is 35.5. The summed E-state index contributed by atoms with van der Waals surface area (Å²) in [7, 11) is 0. The van der Waals surface area contributed by atoms with E-state index in [1.54, 1.807) is 23.1 Å². The van der Waals surface area contributed by atoms with Crippen LogP contribution >= 0.6 is 23.2 Å². The number of allylic oxidation sites excluding steroid dienone is 1. The van der Waals surface area contributed by atoms with E-state index in [9.17, 15) is 4.79 Å². The number of hydrogen-bond donors (Lipinski definition) is 0. The molecule has 104 valence electrons. The second-order valence-electron chi connectivity index (χ2n) is 5.06. The molecule has 1 aliphatic heterocycles. The number of amides is 1. The predicted molar refractivity (Wildman–Crippen MR) is 82.7 cm³/mol. The number of benzene rings is 1. The first-order chi connectivity index (χ1) is 9.58. The molecule has 0 unspecified atom stereocenters. The maximum absolute atomic E-state index is 12.7. The Hall–Kier alpha value is -1.32. The lowest BCUT2D eigenvalue weighted by molar-refractivity contribution is -0.122. The summed E-state index contributed by atoms with van der Waals surface area (Å²) < 4.78 is 0. The molecule has 0 radical (unpaired) electrons. The highest BCUT2D eigenvalue weighted by molar-refractivity contribution is 6.38. The summed E-state index contributed by atoms with van der Waals surface area (Å²) in [6, 6.07) is 5.21. The van der Waals surface area contributed by atoms with E-state index in [1.165, 1.54) is 0 Å². The molecular weight excluding hydrogens is 295 g/mol. The number of fused-ring (bicyclic) bond motifs is 1. The van der Waals surface area contributed by atoms with Crippen molar-refractivity contribution in [3.63, 3.8) is 0 Å². The molecule has 20 heavy (non-hydrogen) atoms. The van der Waals surface area contributed by atoms with Crippen LogP contribution in [-0.4, -0.2) is 17.8 Å². The minimum atomic E-state index is -0.0876. The van der Waals surface area contributed by atoms with Gasteiger partial charge in [-0.2, -0.15) is 0 Å². The van der Waals surface area contributed by atoms with Crippen molar-refractivity contribution >= 4 is 40.6 Å². The van der Waals surface area contributed by atoms with Gasteiger partial charge in [-0.1, -0.05) is 35.4 Å². The Morgan fingerprint density at radius 2 is 2.00 bits per heavy atom. The van der Waals surface area contributed by atoms with Gasteiger partial charge in [-0.05, 0) is 38.0 Å². The van der Waals surface area contributed by atoms with Gasteiger partial charge in [0.25, 0.3) is 0 Å². The Kier molecular flexibility index (Phi) is 3.57. The highest BCUT2D eigenvalue weighted by Crippen LogP contribution is 2.35. The fraction of sp³-hybridized carbons (Fsp3) is 0.333. The molecule has 1 aromatic rings. The van der Waals surface area contributed by atoms with Gasteiger partial charge in [-0.3, -0.25) is 14.7 Å². The Morgan fingerprint density at radius 1 is 1.25 bits per heavy atom. The van der Waals surface area contributed by atoms with E-state index in [1.807, 2.05) is 6.92 Å². The van der Waals surface area contributed by atoms with Crippen molar-refractivity contribution in [3.8, 4) is 0 Å². The largest absolute Gasteiger partial charge is 0.274 e. The molecule has 0 saturated heterocycles. The summed E-state index contributed by atoms with van der Waals surface area (Å²) in [5.41, 5.74) is 0.648. The van der Waals surface area contributed by atoms with Crippen molar-refractivity contribution in [3.05, 3.63) is 40.4 Å². The normalized spacial score (nSPS) is 25.4. The van der Waals surface area contributed by atoms with Crippen LogP contribution in [0.4, 0.5) is 5.69 Å². The highest BCUT2D eigenvalue weighted by Gasteiger charge is 2.38. The maximum Gasteiger partial charge on any atom is 0.238 e. The number of rotatable bonds is 1. The lowest BCUT2D eigenvalue weighted by Gasteiger charge is -2.36. The number of halogens is 2. The summed E-state index contributed by atoms with van der Waals surface area (Å²) in [4.78, 5) is 19.0. The van der Waals surface area contributed by atoms with E-state index in [-0.39, 0.29) is 17.9 Å². The summed E-state index contributed by atoms with van der Waals surface area (Å²) >= 11 is 12.1. The third kappa shape index (κ3) is 2.25. The number of amidine groups is 1. The van der Waals surface area contributed by atoms with Crippen molar-refractivity contribution in [2.24, 2.45) is 10.9 Å². The molecule has 0 saturated carbocycles. The first kappa shape index (κ1) is 13.7. The second kappa shape index (κ2) is 5.23. The molecule has 5 heteroatoms. The monoisotopic (exact) mass is 308 g/mol. The minimum absolute atomic E-state index is 0.0647. The average molecular weight is 309 g/mol. The molecule has 2 atom stereocenters. The Bertz CT molecular complexity index is 624. The first-order valence-electron chi connectivity index (χ1n) is 6.56. The van der Waals surface area contributed by atoms with E-state index in [0.29, 0.717) is 21.6 Å². The summed E-state index contributed by atoms with van der Waals surface area (Å²) in [5, 5.41) is 1.02. The summed E-state index contributed by atoms with van der Waals surface area (Å²) in [5.74, 6) is 0.669. The molecule has 0 N–H and O–H groups in total. The molecular formula is C15H14Cl2N2O. The second-order valence-corrected chi connectivity index (χ2v) is 5.91. The topological polar surface area (TPSA) is 32.7 Å². The molecule has 0 spiro atoms. The van der Waals surface area contributed by atoms with Gasteiger partial charge in [0.15, 0.2) is 0 Å². The molecule has 0 aromatic heterocycles. The summed E-state index contributed by atoms with van der Waals surface area (Å²) in [6.07, 6.45) is 5.71. The van der Waals surface area contributed by atoms with E-state index >= 15 is 0 Å². The van der Waals surface area contributed by atoms with Crippen LogP contribution in [0.15, 0.2) is 35.3 Å². The van der Waals surface area contributed by atoms with Crippen LogP contribution in [0.2, 0.25) is 10.0 Å². The van der Waals surface area contributed by atoms with Crippen molar-refractivity contribution in [2.75, 3.05) is 4.90 Å². The fourth-order valence-electron chi connectivity index (χ4n) is 2.79. The number of hydrogen-bond acceptors (Lipinski definition) is 2. The number of nitrogens with zero attached hydrogens (tertiary/aromatic N) is 2. The van der Waals surface area contributed by atoms with Crippen molar-refractivity contribution in [1.82, 2.24) is 0 Å². The lowest BCUT2D eigenvalue weighted by Crippen LogP contribution is -2.48. The van der Waals surface area contributed by atoms with Gasteiger partial charge in [0, 0.05) is 5.02 Å². The van der Waals surface area contributed by atoms with Crippen LogP contribution in [0, 0.1) is 5.92 Å². The number of aliphatic imine (C=N–C) groups is 1. The van der Waals surface area contributed by atoms with Gasteiger partial charge in [-0.15, -0.1) is 0 Å². The molecule has 3 rings (SSSR count). The SMILES string of the molecule is CC1=N[C@@H]2CC=CC[C@@H]2C(=O)N1c1ccc(Cl)cc1Cl. The molecule has 2 aliphatic rings. The minimum Gasteiger partial charge on any atom is -0.274 e. The van der Waals surface area contributed by atoms with Crippen molar-refractivity contribution < 1.29 is 4.79 Å². The number of anilines is 1. The van der Waals surface area contributed by atoms with Crippen LogP contribution in [0.5, 0.6) is 0 Å². The Morgan fingerprint density at radius 3 is 2.75 bits per heavy atom. The summed E-state index contributed by atoms with van der Waals surface area (Å²) in [6.45, 7) is 1.84. The van der Waals surface area contributed by atoms with Gasteiger partial charge in [0.05, 0.1) is 22.7 Å². The predicted octanol–water partition coefficient (Wildman–Crippen LogP) is 4.09. The number of carbonyl (C=O) groups is 1. The van der Waals surface area contributed by atoms with Crippen LogP contribution in [0.25, 0.3) is 0 Å². The number of carbonyl (C=O) groups excluding carboxylic acids is 1. The zero-order valence-electron chi connectivity index (χ0n) is 11.0. The maximum atomic E-state index is 12.7. The van der Waals surface area contributed by atoms with Gasteiger partial charge >= 0.3 is 0 Å². The van der Waals surface area contributed by atoms with E-state index < -0.39 is 0 Å². The molecule has 1 aromatic carbocycles. The van der Waals surface area contributed by atoms with Crippen LogP contribution in [0.3, 0.4) is 0 Å². The molecule has 3 nitrogen and oxygen atoms in total. The Labute approximate surface area is 127 Å². The molecule has 1 heterocycles. The van der Waals surface area contributed by atoms with Gasteiger partial charge in [0.2, 0.25) is 5.91 Å². The average Bonchev–Trinajstić information content (AvgIpc) is 2.41. The van der Waals surface area contributed by atoms with Gasteiger partial charge in [0.1, 0.15) is 5.84 Å². The van der Waals surface area contributed by atoms with E-state index in [2.05, 4.69) is 17.1 Å². The third-order valence-electron chi connectivity index (χ3n) is 3.76. The van der Waals surface area contributed by atoms with Gasteiger partial charge < -0.3 is 0 Å². The fourth-order valence-corrected chi connectivity index (χ4v) is 3.28. The molecule has 0 fully saturated rings. The quantitative estimate of drug-likeness (QED) is 0.719. The molecule has 0 bridgehead atoms. The van der Waals surface area contributed by atoms with Crippen molar-refractivity contribution in [2.45, 2.75) is 25.8 Å². The zero-order chi connectivity index (χ0) is 14.3. The first-order valence-corrected chi connectivity index (χ1v) is 7.32. The molecule has 1 aliphatic carbocycles. The smallest absolute Gasteiger partial charge is 0.238 e. The zero-order valence-corrected chi connectivity index (χ0v) is 12.5.